The summed E-state index contributed by atoms with van der Waals surface area (Å²) >= 11 is 7.72. The van der Waals surface area contributed by atoms with Crippen molar-refractivity contribution in [2.24, 2.45) is 5.73 Å². The number of hydrogen-bond acceptors (Lipinski definition) is 2. The molecular weight excluding hydrogens is 202 g/mol. The summed E-state index contributed by atoms with van der Waals surface area (Å²) in [6, 6.07) is 5.89. The lowest BCUT2D eigenvalue weighted by atomic mass is 10.2. The van der Waals surface area contributed by atoms with Gasteiger partial charge in [-0.2, -0.15) is 0 Å². The highest BCUT2D eigenvalue weighted by molar-refractivity contribution is 7.98. The average Bonchev–Trinajstić information content (AvgIpc) is 2.15. The van der Waals surface area contributed by atoms with Crippen LogP contribution in [0, 0.1) is 0 Å². The summed E-state index contributed by atoms with van der Waals surface area (Å²) in [6.07, 6.45) is 5.90. The van der Waals surface area contributed by atoms with Crippen LogP contribution in [-0.2, 0) is 0 Å². The highest BCUT2D eigenvalue weighted by atomic mass is 35.5. The van der Waals surface area contributed by atoms with Crippen LogP contribution in [-0.4, -0.2) is 12.8 Å². The zero-order valence-corrected chi connectivity index (χ0v) is 9.03. The minimum atomic E-state index is 0.541. The number of halogens is 1. The van der Waals surface area contributed by atoms with Gasteiger partial charge in [0.1, 0.15) is 0 Å². The Bertz CT molecular complexity index is 310. The molecule has 0 unspecified atom stereocenters. The lowest BCUT2D eigenvalue weighted by Crippen LogP contribution is -1.92. The summed E-state index contributed by atoms with van der Waals surface area (Å²) in [5.41, 5.74) is 6.44. The van der Waals surface area contributed by atoms with Crippen LogP contribution in [0.5, 0.6) is 0 Å². The van der Waals surface area contributed by atoms with Crippen molar-refractivity contribution in [1.82, 2.24) is 0 Å². The molecule has 0 bridgehead atoms. The third-order valence-corrected chi connectivity index (χ3v) is 2.78. The molecule has 1 aromatic rings. The van der Waals surface area contributed by atoms with E-state index >= 15 is 0 Å². The molecule has 3 heteroatoms. The fraction of sp³-hybridized carbons (Fsp3) is 0.200. The van der Waals surface area contributed by atoms with Crippen molar-refractivity contribution in [3.8, 4) is 0 Å². The summed E-state index contributed by atoms with van der Waals surface area (Å²) in [4.78, 5) is 1.18. The Morgan fingerprint density at radius 3 is 2.92 bits per heavy atom. The molecule has 0 saturated heterocycles. The molecule has 0 aliphatic carbocycles. The van der Waals surface area contributed by atoms with Crippen LogP contribution in [0.4, 0.5) is 0 Å². The second-order valence-electron chi connectivity index (χ2n) is 2.49. The second kappa shape index (κ2) is 5.32. The SMILES string of the molecule is CSc1cccc(Cl)c1/C=C/CN. The largest absolute Gasteiger partial charge is 0.327 e. The van der Waals surface area contributed by atoms with E-state index in [4.69, 9.17) is 17.3 Å². The summed E-state index contributed by atoms with van der Waals surface area (Å²) in [7, 11) is 0. The molecule has 0 amide bonds. The van der Waals surface area contributed by atoms with Crippen LogP contribution in [0.15, 0.2) is 29.2 Å². The Kier molecular flexibility index (Phi) is 4.36. The Labute approximate surface area is 88.0 Å². The molecule has 0 fully saturated rings. The fourth-order valence-electron chi connectivity index (χ4n) is 1.04. The fourth-order valence-corrected chi connectivity index (χ4v) is 1.95. The molecule has 1 aromatic carbocycles. The van der Waals surface area contributed by atoms with Crippen LogP contribution in [0.3, 0.4) is 0 Å². The van der Waals surface area contributed by atoms with Crippen molar-refractivity contribution in [2.75, 3.05) is 12.8 Å². The summed E-state index contributed by atoms with van der Waals surface area (Å²) in [6.45, 7) is 0.541. The van der Waals surface area contributed by atoms with Crippen LogP contribution in [0.2, 0.25) is 5.02 Å². The van der Waals surface area contributed by atoms with E-state index < -0.39 is 0 Å². The predicted molar refractivity (Wildman–Crippen MR) is 61.3 cm³/mol. The number of hydrogen-bond donors (Lipinski definition) is 1. The Hall–Kier alpha value is -0.440. The van der Waals surface area contributed by atoms with Crippen molar-refractivity contribution in [3.63, 3.8) is 0 Å². The smallest absolute Gasteiger partial charge is 0.0489 e. The highest BCUT2D eigenvalue weighted by Crippen LogP contribution is 2.27. The topological polar surface area (TPSA) is 26.0 Å². The molecule has 70 valence electrons. The first kappa shape index (κ1) is 10.6. The highest BCUT2D eigenvalue weighted by Gasteiger charge is 2.01. The van der Waals surface area contributed by atoms with E-state index in [1.165, 1.54) is 4.90 Å². The van der Waals surface area contributed by atoms with Crippen molar-refractivity contribution in [2.45, 2.75) is 4.90 Å². The van der Waals surface area contributed by atoms with Crippen LogP contribution >= 0.6 is 23.4 Å². The molecule has 13 heavy (non-hydrogen) atoms. The van der Waals surface area contributed by atoms with Gasteiger partial charge in [0.15, 0.2) is 0 Å². The van der Waals surface area contributed by atoms with Gasteiger partial charge in [0.05, 0.1) is 0 Å². The molecule has 1 nitrogen and oxygen atoms in total. The maximum Gasteiger partial charge on any atom is 0.0489 e. The minimum absolute atomic E-state index is 0.541. The van der Waals surface area contributed by atoms with Crippen molar-refractivity contribution >= 4 is 29.4 Å². The van der Waals surface area contributed by atoms with Gasteiger partial charge < -0.3 is 5.73 Å². The Morgan fingerprint density at radius 2 is 2.31 bits per heavy atom. The quantitative estimate of drug-likeness (QED) is 0.782. The van der Waals surface area contributed by atoms with Gasteiger partial charge in [-0.25, -0.2) is 0 Å². The van der Waals surface area contributed by atoms with E-state index in [1.54, 1.807) is 11.8 Å². The zero-order valence-electron chi connectivity index (χ0n) is 7.46. The first-order chi connectivity index (χ1) is 6.29. The first-order valence-electron chi connectivity index (χ1n) is 3.98. The molecular formula is C10H12ClNS. The second-order valence-corrected chi connectivity index (χ2v) is 3.75. The number of benzene rings is 1. The normalized spacial score (nSPS) is 11.0. The van der Waals surface area contributed by atoms with E-state index in [0.29, 0.717) is 6.54 Å². The van der Waals surface area contributed by atoms with Crippen molar-refractivity contribution in [1.29, 1.82) is 0 Å². The summed E-state index contributed by atoms with van der Waals surface area (Å²) in [5, 5.41) is 0.775. The third-order valence-electron chi connectivity index (χ3n) is 1.65. The van der Waals surface area contributed by atoms with Gasteiger partial charge in [0, 0.05) is 22.0 Å². The molecule has 2 N–H and O–H groups in total. The maximum absolute atomic E-state index is 6.04. The summed E-state index contributed by atoms with van der Waals surface area (Å²) < 4.78 is 0. The van der Waals surface area contributed by atoms with Crippen molar-refractivity contribution < 1.29 is 0 Å². The maximum atomic E-state index is 6.04. The molecule has 0 spiro atoms. The molecule has 0 aliphatic rings. The third kappa shape index (κ3) is 2.76. The molecule has 0 radical (unpaired) electrons. The average molecular weight is 214 g/mol. The van der Waals surface area contributed by atoms with E-state index in [-0.39, 0.29) is 0 Å². The molecule has 0 aliphatic heterocycles. The molecule has 1 rings (SSSR count). The molecule has 0 aromatic heterocycles. The summed E-state index contributed by atoms with van der Waals surface area (Å²) in [5.74, 6) is 0. The Balaban J connectivity index is 3.07. The number of nitrogens with two attached hydrogens (primary N) is 1. The molecule has 0 heterocycles. The Morgan fingerprint density at radius 1 is 1.54 bits per heavy atom. The van der Waals surface area contributed by atoms with Gasteiger partial charge >= 0.3 is 0 Å². The van der Waals surface area contributed by atoms with E-state index in [0.717, 1.165) is 10.6 Å². The number of thioether (sulfide) groups is 1. The van der Waals surface area contributed by atoms with Gasteiger partial charge in [0.25, 0.3) is 0 Å². The van der Waals surface area contributed by atoms with Gasteiger partial charge in [0.2, 0.25) is 0 Å². The van der Waals surface area contributed by atoms with Gasteiger partial charge in [-0.1, -0.05) is 29.8 Å². The van der Waals surface area contributed by atoms with Gasteiger partial charge in [-0.3, -0.25) is 0 Å². The molecule has 0 saturated carbocycles. The van der Waals surface area contributed by atoms with E-state index in [1.807, 2.05) is 36.6 Å². The van der Waals surface area contributed by atoms with E-state index in [9.17, 15) is 0 Å². The van der Waals surface area contributed by atoms with Gasteiger partial charge in [-0.05, 0) is 18.4 Å². The number of rotatable bonds is 3. The lowest BCUT2D eigenvalue weighted by molar-refractivity contribution is 1.26. The molecule has 0 atom stereocenters. The van der Waals surface area contributed by atoms with E-state index in [2.05, 4.69) is 0 Å². The van der Waals surface area contributed by atoms with Crippen molar-refractivity contribution in [3.05, 3.63) is 34.9 Å². The first-order valence-corrected chi connectivity index (χ1v) is 5.59. The standard InChI is InChI=1S/C10H12ClNS/c1-13-10-6-2-5-9(11)8(10)4-3-7-12/h2-6H,7,12H2,1H3/b4-3+. The minimum Gasteiger partial charge on any atom is -0.327 e. The monoisotopic (exact) mass is 213 g/mol. The van der Waals surface area contributed by atoms with Crippen LogP contribution in [0.1, 0.15) is 5.56 Å². The van der Waals surface area contributed by atoms with Crippen LogP contribution < -0.4 is 5.73 Å². The zero-order chi connectivity index (χ0) is 9.68. The lowest BCUT2D eigenvalue weighted by Gasteiger charge is -2.04. The predicted octanol–water partition coefficient (Wildman–Crippen LogP) is 3.03. The van der Waals surface area contributed by atoms with Gasteiger partial charge in [-0.15, -0.1) is 11.8 Å². The van der Waals surface area contributed by atoms with Crippen LogP contribution in [0.25, 0.3) is 6.08 Å².